The maximum Gasteiger partial charge on any atom is 0.252 e. The Morgan fingerprint density at radius 2 is 1.94 bits per heavy atom. The zero-order valence-electron chi connectivity index (χ0n) is 19.7. The Bertz CT molecular complexity index is 1450. The lowest BCUT2D eigenvalue weighted by Gasteiger charge is -2.41. The minimum atomic E-state index is -0.950. The molecule has 0 saturated heterocycles. The first kappa shape index (κ1) is 23.7. The fraction of sp³-hybridized carbons (Fsp3) is 0.222. The molecule has 0 radical (unpaired) electrons. The number of fused-ring (bicyclic) bond motifs is 4. The summed E-state index contributed by atoms with van der Waals surface area (Å²) < 4.78 is 0. The van der Waals surface area contributed by atoms with Gasteiger partial charge in [0.05, 0.1) is 28.6 Å². The Kier molecular flexibility index (Phi) is 5.44. The highest BCUT2D eigenvalue weighted by molar-refractivity contribution is 6.31. The number of allylic oxidation sites excluding steroid dienone is 1. The van der Waals surface area contributed by atoms with Crippen LogP contribution in [0.5, 0.6) is 5.75 Å². The smallest absolute Gasteiger partial charge is 0.252 e. The van der Waals surface area contributed by atoms with Crippen LogP contribution in [0.2, 0.25) is 5.02 Å². The number of nitrogens with zero attached hydrogens (tertiary/aromatic N) is 1. The molecule has 2 heterocycles. The molecular weight excluding hydrogens is 480 g/mol. The number of primary amides is 1. The number of para-hydroxylation sites is 2. The highest BCUT2D eigenvalue weighted by Crippen LogP contribution is 2.48. The van der Waals surface area contributed by atoms with E-state index in [0.29, 0.717) is 29.1 Å². The number of amides is 1. The van der Waals surface area contributed by atoms with Crippen LogP contribution in [-0.2, 0) is 9.59 Å². The maximum atomic E-state index is 13.7. The van der Waals surface area contributed by atoms with Crippen LogP contribution >= 0.6 is 11.6 Å². The third kappa shape index (κ3) is 3.74. The second kappa shape index (κ2) is 8.27. The van der Waals surface area contributed by atoms with E-state index < -0.39 is 11.9 Å². The Morgan fingerprint density at radius 3 is 2.67 bits per heavy atom. The number of rotatable bonds is 2. The number of carbonyl (C=O) groups is 2. The molecule has 0 aromatic heterocycles. The van der Waals surface area contributed by atoms with Crippen molar-refractivity contribution in [2.75, 3.05) is 10.2 Å². The summed E-state index contributed by atoms with van der Waals surface area (Å²) in [6, 6.07) is 10.5. The van der Waals surface area contributed by atoms with Gasteiger partial charge in [-0.3, -0.25) is 15.0 Å². The Labute approximate surface area is 212 Å². The Morgan fingerprint density at radius 1 is 1.22 bits per heavy atom. The van der Waals surface area contributed by atoms with Crippen molar-refractivity contribution in [2.24, 2.45) is 11.1 Å². The van der Waals surface area contributed by atoms with Crippen LogP contribution in [0, 0.1) is 10.8 Å². The van der Waals surface area contributed by atoms with Gasteiger partial charge in [-0.15, -0.1) is 0 Å². The molecule has 1 atom stereocenters. The van der Waals surface area contributed by atoms with Gasteiger partial charge in [0.1, 0.15) is 17.3 Å². The highest BCUT2D eigenvalue weighted by Gasteiger charge is 2.46. The number of Topliss-reactive ketones (excluding diaryl/α,β-unsaturated/α-hetero) is 1. The normalized spacial score (nSPS) is 22.0. The summed E-state index contributed by atoms with van der Waals surface area (Å²) in [7, 11) is 0. The van der Waals surface area contributed by atoms with Crippen LogP contribution in [0.25, 0.3) is 5.76 Å². The monoisotopic (exact) mass is 504 g/mol. The van der Waals surface area contributed by atoms with Crippen molar-refractivity contribution in [3.63, 3.8) is 0 Å². The standard InChI is InChI=1S/C27H25ClN4O4/c1-27(2)11-18-22(21(34)12-27)23-15(24(35)14-9-13(28)7-8-20(14)33)10-16(26(30)36)25(29)32(23)19-6-4-3-5-17(19)31-18/h3-10,23,29,31,33,35H,11-12H2,1-2H3,(H2,30,36)/b24-15-,29-25?. The molecule has 0 spiro atoms. The van der Waals surface area contributed by atoms with E-state index in [0.717, 1.165) is 0 Å². The van der Waals surface area contributed by atoms with Crippen molar-refractivity contribution < 1.29 is 19.8 Å². The number of halogens is 1. The lowest BCUT2D eigenvalue weighted by Crippen LogP contribution is -2.50. The summed E-state index contributed by atoms with van der Waals surface area (Å²) in [5.74, 6) is -1.80. The number of hydrogen-bond donors (Lipinski definition) is 5. The number of nitrogens with two attached hydrogens (primary N) is 1. The molecule has 6 N–H and O–H groups in total. The van der Waals surface area contributed by atoms with E-state index in [1.165, 1.54) is 29.2 Å². The summed E-state index contributed by atoms with van der Waals surface area (Å²) >= 11 is 6.15. The second-order valence-electron chi connectivity index (χ2n) is 9.98. The summed E-state index contributed by atoms with van der Waals surface area (Å²) in [6.07, 6.45) is 2.15. The molecule has 0 bridgehead atoms. The molecule has 3 aliphatic rings. The van der Waals surface area contributed by atoms with E-state index in [4.69, 9.17) is 22.7 Å². The molecule has 184 valence electrons. The van der Waals surface area contributed by atoms with Crippen molar-refractivity contribution in [3.8, 4) is 5.75 Å². The largest absolute Gasteiger partial charge is 0.507 e. The summed E-state index contributed by atoms with van der Waals surface area (Å²) in [6.45, 7) is 4.02. The summed E-state index contributed by atoms with van der Waals surface area (Å²) in [5, 5.41) is 34.6. The van der Waals surface area contributed by atoms with Crippen LogP contribution in [0.4, 0.5) is 11.4 Å². The van der Waals surface area contributed by atoms with Gasteiger partial charge in [0.15, 0.2) is 5.78 Å². The summed E-state index contributed by atoms with van der Waals surface area (Å²) in [5.41, 5.74) is 7.64. The number of ketones is 1. The topological polar surface area (TPSA) is 140 Å². The Balaban J connectivity index is 1.88. The molecule has 9 heteroatoms. The number of aliphatic hydroxyl groups is 1. The predicted molar refractivity (Wildman–Crippen MR) is 139 cm³/mol. The van der Waals surface area contributed by atoms with Crippen LogP contribution in [0.15, 0.2) is 71.0 Å². The van der Waals surface area contributed by atoms with Gasteiger partial charge < -0.3 is 26.2 Å². The zero-order valence-corrected chi connectivity index (χ0v) is 20.5. The minimum absolute atomic E-state index is 0.0298. The summed E-state index contributed by atoms with van der Waals surface area (Å²) in [4.78, 5) is 27.6. The minimum Gasteiger partial charge on any atom is -0.507 e. The molecule has 5 rings (SSSR count). The lowest BCUT2D eigenvalue weighted by molar-refractivity contribution is -0.118. The average molecular weight is 505 g/mol. The van der Waals surface area contributed by atoms with Crippen molar-refractivity contribution >= 4 is 46.3 Å². The van der Waals surface area contributed by atoms with Crippen molar-refractivity contribution in [3.05, 3.63) is 81.5 Å². The quantitative estimate of drug-likeness (QED) is 0.377. The number of carbonyl (C=O) groups excluding carboxylic acids is 2. The van der Waals surface area contributed by atoms with Crippen LogP contribution in [0.1, 0.15) is 32.3 Å². The molecule has 2 aromatic rings. The number of aliphatic hydroxyl groups excluding tert-OH is 1. The molecule has 2 aliphatic heterocycles. The van der Waals surface area contributed by atoms with Gasteiger partial charge in [0.2, 0.25) is 0 Å². The van der Waals surface area contributed by atoms with E-state index in [2.05, 4.69) is 5.32 Å². The first-order valence-electron chi connectivity index (χ1n) is 11.4. The third-order valence-electron chi connectivity index (χ3n) is 6.74. The maximum absolute atomic E-state index is 13.7. The SMILES string of the molecule is CC1(C)CC(=O)C2=C(C1)Nc1ccccc1N1C(=N)C(C(N)=O)=C/C(=C(/O)c3cc(Cl)ccc3O)C21. The van der Waals surface area contributed by atoms with Gasteiger partial charge in [-0.25, -0.2) is 0 Å². The zero-order chi connectivity index (χ0) is 25.9. The molecule has 0 fully saturated rings. The first-order valence-corrected chi connectivity index (χ1v) is 11.8. The Hall–Kier alpha value is -4.04. The first-order chi connectivity index (χ1) is 17.0. The molecule has 1 amide bonds. The van der Waals surface area contributed by atoms with Gasteiger partial charge in [-0.1, -0.05) is 37.6 Å². The van der Waals surface area contributed by atoms with Crippen molar-refractivity contribution in [2.45, 2.75) is 32.7 Å². The number of phenols is 1. The van der Waals surface area contributed by atoms with Gasteiger partial charge >= 0.3 is 0 Å². The number of benzene rings is 2. The molecule has 8 nitrogen and oxygen atoms in total. The molecule has 1 unspecified atom stereocenters. The number of phenolic OH excluding ortho intramolecular Hbond substituents is 1. The second-order valence-corrected chi connectivity index (χ2v) is 10.4. The molecular formula is C27H25ClN4O4. The van der Waals surface area contributed by atoms with Gasteiger partial charge in [-0.05, 0) is 48.2 Å². The molecule has 0 saturated carbocycles. The van der Waals surface area contributed by atoms with Crippen LogP contribution < -0.4 is 16.0 Å². The van der Waals surface area contributed by atoms with E-state index in [1.807, 2.05) is 26.0 Å². The average Bonchev–Trinajstić information content (AvgIpc) is 2.94. The number of hydrogen-bond acceptors (Lipinski definition) is 6. The molecule has 2 aromatic carbocycles. The lowest BCUT2D eigenvalue weighted by atomic mass is 9.72. The van der Waals surface area contributed by atoms with Crippen molar-refractivity contribution in [1.29, 1.82) is 5.41 Å². The van der Waals surface area contributed by atoms with E-state index in [1.54, 1.807) is 12.1 Å². The third-order valence-corrected chi connectivity index (χ3v) is 6.98. The number of amidine groups is 1. The van der Waals surface area contributed by atoms with E-state index >= 15 is 0 Å². The fourth-order valence-corrected chi connectivity index (χ4v) is 5.37. The van der Waals surface area contributed by atoms with Gasteiger partial charge in [0, 0.05) is 28.3 Å². The fourth-order valence-electron chi connectivity index (χ4n) is 5.20. The predicted octanol–water partition coefficient (Wildman–Crippen LogP) is 4.66. The van der Waals surface area contributed by atoms with E-state index in [9.17, 15) is 19.8 Å². The number of aromatic hydroxyl groups is 1. The van der Waals surface area contributed by atoms with Gasteiger partial charge in [-0.2, -0.15) is 0 Å². The van der Waals surface area contributed by atoms with Crippen LogP contribution in [0.3, 0.4) is 0 Å². The number of anilines is 2. The van der Waals surface area contributed by atoms with E-state index in [-0.39, 0.29) is 56.7 Å². The van der Waals surface area contributed by atoms with Gasteiger partial charge in [0.25, 0.3) is 5.91 Å². The highest BCUT2D eigenvalue weighted by atomic mass is 35.5. The molecule has 1 aliphatic carbocycles. The molecule has 36 heavy (non-hydrogen) atoms. The number of nitrogens with one attached hydrogen (secondary N) is 2. The van der Waals surface area contributed by atoms with Crippen molar-refractivity contribution in [1.82, 2.24) is 0 Å². The van der Waals surface area contributed by atoms with Crippen LogP contribution in [-0.4, -0.2) is 33.8 Å².